The number of aromatic nitrogens is 2. The first-order valence-electron chi connectivity index (χ1n) is 4.18. The number of benzene rings is 1. The highest BCUT2D eigenvalue weighted by atomic mass is 16.1. The molecule has 0 fully saturated rings. The fourth-order valence-corrected chi connectivity index (χ4v) is 1.21. The molecular weight excluding hydrogens is 178 g/mol. The van der Waals surface area contributed by atoms with Crippen LogP contribution in [0.25, 0.3) is 11.4 Å². The Balaban J connectivity index is 2.58. The Morgan fingerprint density at radius 1 is 1.21 bits per heavy atom. The SMILES string of the molecule is Nc1cc(=O)[nH]c(-c2ccccc2)n1. The van der Waals surface area contributed by atoms with Gasteiger partial charge in [-0.05, 0) is 0 Å². The number of aromatic amines is 1. The number of hydrogen-bond donors (Lipinski definition) is 2. The average molecular weight is 187 g/mol. The maximum Gasteiger partial charge on any atom is 0.253 e. The molecule has 4 nitrogen and oxygen atoms in total. The first kappa shape index (κ1) is 8.50. The van der Waals surface area contributed by atoms with Gasteiger partial charge in [-0.3, -0.25) is 4.79 Å². The Bertz CT molecular complexity index is 490. The fourth-order valence-electron chi connectivity index (χ4n) is 1.21. The number of anilines is 1. The van der Waals surface area contributed by atoms with Crippen LogP contribution in [0.15, 0.2) is 41.2 Å². The average Bonchev–Trinajstić information content (AvgIpc) is 2.18. The van der Waals surface area contributed by atoms with E-state index in [1.165, 1.54) is 6.07 Å². The molecule has 1 aromatic carbocycles. The molecule has 0 aliphatic rings. The van der Waals surface area contributed by atoms with Crippen LogP contribution in [0.4, 0.5) is 5.82 Å². The largest absolute Gasteiger partial charge is 0.383 e. The third-order valence-corrected chi connectivity index (χ3v) is 1.81. The molecule has 0 saturated carbocycles. The van der Waals surface area contributed by atoms with Crippen molar-refractivity contribution in [2.24, 2.45) is 0 Å². The monoisotopic (exact) mass is 187 g/mol. The summed E-state index contributed by atoms with van der Waals surface area (Å²) in [5, 5.41) is 0. The summed E-state index contributed by atoms with van der Waals surface area (Å²) in [6.45, 7) is 0. The van der Waals surface area contributed by atoms with Crippen LogP contribution in [0.5, 0.6) is 0 Å². The van der Waals surface area contributed by atoms with E-state index in [0.29, 0.717) is 5.82 Å². The molecule has 2 aromatic rings. The standard InChI is InChI=1S/C10H9N3O/c11-8-6-9(14)13-10(12-8)7-4-2-1-3-5-7/h1-6H,(H3,11,12,13,14). The van der Waals surface area contributed by atoms with Crippen LogP contribution in [-0.2, 0) is 0 Å². The van der Waals surface area contributed by atoms with Gasteiger partial charge in [-0.2, -0.15) is 0 Å². The van der Waals surface area contributed by atoms with Crippen molar-refractivity contribution >= 4 is 5.82 Å². The second-order valence-corrected chi connectivity index (χ2v) is 2.88. The number of rotatable bonds is 1. The summed E-state index contributed by atoms with van der Waals surface area (Å²) in [6, 6.07) is 10.6. The van der Waals surface area contributed by atoms with Gasteiger partial charge in [0.1, 0.15) is 11.6 Å². The van der Waals surface area contributed by atoms with Gasteiger partial charge in [-0.25, -0.2) is 4.98 Å². The molecule has 0 spiro atoms. The van der Waals surface area contributed by atoms with E-state index in [1.807, 2.05) is 30.3 Å². The number of nitrogens with one attached hydrogen (secondary N) is 1. The fraction of sp³-hybridized carbons (Fsp3) is 0. The van der Waals surface area contributed by atoms with Crippen molar-refractivity contribution in [1.29, 1.82) is 0 Å². The van der Waals surface area contributed by atoms with Crippen molar-refractivity contribution in [2.45, 2.75) is 0 Å². The predicted octanol–water partition coefficient (Wildman–Crippen LogP) is 1.02. The molecule has 2 rings (SSSR count). The Morgan fingerprint density at radius 3 is 2.57 bits per heavy atom. The topological polar surface area (TPSA) is 71.8 Å². The van der Waals surface area contributed by atoms with Gasteiger partial charge in [0.05, 0.1) is 0 Å². The maximum absolute atomic E-state index is 11.1. The van der Waals surface area contributed by atoms with Gasteiger partial charge in [-0.15, -0.1) is 0 Å². The lowest BCUT2D eigenvalue weighted by molar-refractivity contribution is 1.14. The number of nitrogens with zero attached hydrogens (tertiary/aromatic N) is 1. The van der Waals surface area contributed by atoms with Crippen LogP contribution >= 0.6 is 0 Å². The van der Waals surface area contributed by atoms with E-state index in [9.17, 15) is 4.79 Å². The molecule has 3 N–H and O–H groups in total. The molecular formula is C10H9N3O. The minimum Gasteiger partial charge on any atom is -0.383 e. The lowest BCUT2D eigenvalue weighted by Gasteiger charge is -2.00. The van der Waals surface area contributed by atoms with Gasteiger partial charge in [-0.1, -0.05) is 30.3 Å². The van der Waals surface area contributed by atoms with E-state index in [1.54, 1.807) is 0 Å². The van der Waals surface area contributed by atoms with Crippen molar-refractivity contribution in [3.05, 3.63) is 46.8 Å². The van der Waals surface area contributed by atoms with Crippen LogP contribution in [0.3, 0.4) is 0 Å². The molecule has 0 aliphatic carbocycles. The molecule has 0 unspecified atom stereocenters. The third kappa shape index (κ3) is 1.64. The Labute approximate surface area is 80.4 Å². The summed E-state index contributed by atoms with van der Waals surface area (Å²) in [6.07, 6.45) is 0. The normalized spacial score (nSPS) is 10.0. The Morgan fingerprint density at radius 2 is 1.93 bits per heavy atom. The summed E-state index contributed by atoms with van der Waals surface area (Å²) in [5.74, 6) is 0.725. The van der Waals surface area contributed by atoms with Gasteiger partial charge in [0.15, 0.2) is 0 Å². The van der Waals surface area contributed by atoms with Crippen LogP contribution in [0.2, 0.25) is 0 Å². The summed E-state index contributed by atoms with van der Waals surface area (Å²) < 4.78 is 0. The zero-order valence-electron chi connectivity index (χ0n) is 7.40. The lowest BCUT2D eigenvalue weighted by atomic mass is 10.2. The Kier molecular flexibility index (Phi) is 2.02. The lowest BCUT2D eigenvalue weighted by Crippen LogP contribution is -2.09. The van der Waals surface area contributed by atoms with E-state index in [4.69, 9.17) is 5.73 Å². The zero-order chi connectivity index (χ0) is 9.97. The summed E-state index contributed by atoms with van der Waals surface area (Å²) >= 11 is 0. The molecule has 14 heavy (non-hydrogen) atoms. The molecule has 0 amide bonds. The molecule has 1 heterocycles. The quantitative estimate of drug-likeness (QED) is 0.700. The van der Waals surface area contributed by atoms with Crippen molar-refractivity contribution in [2.75, 3.05) is 5.73 Å². The van der Waals surface area contributed by atoms with Gasteiger partial charge in [0, 0.05) is 11.6 Å². The first-order valence-corrected chi connectivity index (χ1v) is 4.18. The minimum absolute atomic E-state index is 0.229. The van der Waals surface area contributed by atoms with Crippen LogP contribution in [0, 0.1) is 0 Å². The molecule has 4 heteroatoms. The predicted molar refractivity (Wildman–Crippen MR) is 54.7 cm³/mol. The molecule has 0 aliphatic heterocycles. The number of H-pyrrole nitrogens is 1. The van der Waals surface area contributed by atoms with E-state index < -0.39 is 0 Å². The highest BCUT2D eigenvalue weighted by Gasteiger charge is 2.00. The molecule has 70 valence electrons. The number of nitrogen functional groups attached to an aromatic ring is 1. The Hall–Kier alpha value is -2.10. The van der Waals surface area contributed by atoms with E-state index in [-0.39, 0.29) is 11.4 Å². The van der Waals surface area contributed by atoms with Crippen molar-refractivity contribution in [1.82, 2.24) is 9.97 Å². The van der Waals surface area contributed by atoms with E-state index in [2.05, 4.69) is 9.97 Å². The van der Waals surface area contributed by atoms with E-state index >= 15 is 0 Å². The summed E-state index contributed by atoms with van der Waals surface area (Å²) in [5.41, 5.74) is 6.07. The van der Waals surface area contributed by atoms with Crippen molar-refractivity contribution in [3.63, 3.8) is 0 Å². The third-order valence-electron chi connectivity index (χ3n) is 1.81. The molecule has 1 aromatic heterocycles. The number of hydrogen-bond acceptors (Lipinski definition) is 3. The second kappa shape index (κ2) is 3.33. The first-order chi connectivity index (χ1) is 6.75. The number of nitrogens with two attached hydrogens (primary N) is 1. The maximum atomic E-state index is 11.1. The van der Waals surface area contributed by atoms with Gasteiger partial charge in [0.2, 0.25) is 0 Å². The highest BCUT2D eigenvalue weighted by molar-refractivity contribution is 5.55. The zero-order valence-corrected chi connectivity index (χ0v) is 7.40. The molecule has 0 radical (unpaired) electrons. The van der Waals surface area contributed by atoms with E-state index in [0.717, 1.165) is 5.56 Å². The van der Waals surface area contributed by atoms with Crippen LogP contribution < -0.4 is 11.3 Å². The van der Waals surface area contributed by atoms with Gasteiger partial charge < -0.3 is 10.7 Å². The van der Waals surface area contributed by atoms with Crippen molar-refractivity contribution in [3.8, 4) is 11.4 Å². The molecule has 0 bridgehead atoms. The molecule has 0 atom stereocenters. The van der Waals surface area contributed by atoms with Crippen LogP contribution in [0.1, 0.15) is 0 Å². The van der Waals surface area contributed by atoms with Gasteiger partial charge >= 0.3 is 0 Å². The highest BCUT2D eigenvalue weighted by Crippen LogP contribution is 2.12. The summed E-state index contributed by atoms with van der Waals surface area (Å²) in [7, 11) is 0. The molecule has 0 saturated heterocycles. The minimum atomic E-state index is -0.239. The second-order valence-electron chi connectivity index (χ2n) is 2.88. The smallest absolute Gasteiger partial charge is 0.253 e. The summed E-state index contributed by atoms with van der Waals surface area (Å²) in [4.78, 5) is 17.8. The van der Waals surface area contributed by atoms with Crippen LogP contribution in [-0.4, -0.2) is 9.97 Å². The van der Waals surface area contributed by atoms with Crippen molar-refractivity contribution < 1.29 is 0 Å². The van der Waals surface area contributed by atoms with Gasteiger partial charge in [0.25, 0.3) is 5.56 Å².